The maximum absolute atomic E-state index is 6.22. The van der Waals surface area contributed by atoms with Crippen molar-refractivity contribution in [3.8, 4) is 0 Å². The molecule has 0 saturated carbocycles. The molecule has 3 saturated heterocycles. The molecule has 1 spiro atoms. The first-order valence-corrected chi connectivity index (χ1v) is 9.98. The van der Waals surface area contributed by atoms with Crippen LogP contribution in [0.15, 0.2) is 0 Å². The molecule has 5 atom stereocenters. The van der Waals surface area contributed by atoms with Gasteiger partial charge in [-0.05, 0) is 63.7 Å². The van der Waals surface area contributed by atoms with E-state index in [-0.39, 0.29) is 5.60 Å². The molecule has 1 N–H and O–H groups in total. The van der Waals surface area contributed by atoms with Gasteiger partial charge in [0.1, 0.15) is 0 Å². The largest absolute Gasteiger partial charge is 0.374 e. The average Bonchev–Trinajstić information content (AvgIpc) is 3.10. The van der Waals surface area contributed by atoms with E-state index in [1.165, 1.54) is 50.0 Å². The van der Waals surface area contributed by atoms with Gasteiger partial charge in [0.2, 0.25) is 0 Å². The predicted octanol–water partition coefficient (Wildman–Crippen LogP) is 3.22. The summed E-state index contributed by atoms with van der Waals surface area (Å²) in [5, 5.41) is 3.82. The number of rotatable bonds is 5. The van der Waals surface area contributed by atoms with Crippen molar-refractivity contribution in [3.63, 3.8) is 0 Å². The first kappa shape index (κ1) is 16.1. The van der Waals surface area contributed by atoms with E-state index in [2.05, 4.69) is 30.9 Å². The van der Waals surface area contributed by atoms with Crippen LogP contribution in [0.5, 0.6) is 0 Å². The Balaban J connectivity index is 1.66. The van der Waals surface area contributed by atoms with Crippen LogP contribution in [0, 0.1) is 5.92 Å². The van der Waals surface area contributed by atoms with Crippen molar-refractivity contribution >= 4 is 11.8 Å². The fraction of sp³-hybridized carbons (Fsp3) is 1.00. The lowest BCUT2D eigenvalue weighted by Gasteiger charge is -2.42. The minimum atomic E-state index is 0.184. The fourth-order valence-electron chi connectivity index (χ4n) is 4.25. The Morgan fingerprint density at radius 3 is 2.90 bits per heavy atom. The molecule has 0 bridgehead atoms. The Bertz CT molecular complexity index is 333. The van der Waals surface area contributed by atoms with Crippen molar-refractivity contribution in [2.75, 3.05) is 24.7 Å². The molecule has 3 rings (SSSR count). The minimum absolute atomic E-state index is 0.184. The summed E-state index contributed by atoms with van der Waals surface area (Å²) in [4.78, 5) is 0. The molecule has 0 aromatic heterocycles. The number of ether oxygens (including phenoxy) is 2. The molecule has 0 aromatic rings. The lowest BCUT2D eigenvalue weighted by atomic mass is 9.79. The van der Waals surface area contributed by atoms with Gasteiger partial charge in [-0.3, -0.25) is 0 Å². The van der Waals surface area contributed by atoms with Crippen LogP contribution >= 0.6 is 11.8 Å². The number of hydrogen-bond donors (Lipinski definition) is 1. The van der Waals surface area contributed by atoms with Crippen molar-refractivity contribution in [3.05, 3.63) is 0 Å². The Hall–Kier alpha value is 0.230. The predicted molar refractivity (Wildman–Crippen MR) is 89.0 cm³/mol. The van der Waals surface area contributed by atoms with Crippen LogP contribution in [0.25, 0.3) is 0 Å². The van der Waals surface area contributed by atoms with Crippen LogP contribution in [0.2, 0.25) is 0 Å². The van der Waals surface area contributed by atoms with E-state index in [0.29, 0.717) is 18.2 Å². The van der Waals surface area contributed by atoms with Crippen molar-refractivity contribution in [1.29, 1.82) is 0 Å². The van der Waals surface area contributed by atoms with Gasteiger partial charge < -0.3 is 14.8 Å². The van der Waals surface area contributed by atoms with Gasteiger partial charge in [0.05, 0.1) is 17.8 Å². The molecule has 3 fully saturated rings. The van der Waals surface area contributed by atoms with Gasteiger partial charge in [0.15, 0.2) is 0 Å². The SMILES string of the molecule is CCCNC(C1CCOC2(CCSC2)C1)C1CCC(C)O1. The van der Waals surface area contributed by atoms with Crippen LogP contribution in [-0.2, 0) is 9.47 Å². The summed E-state index contributed by atoms with van der Waals surface area (Å²) in [6, 6.07) is 0.529. The van der Waals surface area contributed by atoms with E-state index < -0.39 is 0 Å². The summed E-state index contributed by atoms with van der Waals surface area (Å²) >= 11 is 2.07. The van der Waals surface area contributed by atoms with Crippen molar-refractivity contribution in [1.82, 2.24) is 5.32 Å². The fourth-order valence-corrected chi connectivity index (χ4v) is 5.62. The third-order valence-electron chi connectivity index (χ3n) is 5.40. The van der Waals surface area contributed by atoms with Crippen molar-refractivity contribution < 1.29 is 9.47 Å². The molecule has 3 aliphatic heterocycles. The zero-order chi connectivity index (χ0) is 14.7. The smallest absolute Gasteiger partial charge is 0.0783 e. The van der Waals surface area contributed by atoms with Crippen LogP contribution in [0.4, 0.5) is 0 Å². The molecule has 0 aromatic carbocycles. The number of hydrogen-bond acceptors (Lipinski definition) is 4. The highest BCUT2D eigenvalue weighted by Crippen LogP contribution is 2.42. The second-order valence-electron chi connectivity index (χ2n) is 7.13. The van der Waals surface area contributed by atoms with Gasteiger partial charge in [-0.1, -0.05) is 6.92 Å². The van der Waals surface area contributed by atoms with E-state index in [0.717, 1.165) is 19.1 Å². The number of nitrogens with one attached hydrogen (secondary N) is 1. The average molecular weight is 314 g/mol. The maximum atomic E-state index is 6.22. The van der Waals surface area contributed by atoms with Gasteiger partial charge in [-0.25, -0.2) is 0 Å². The third kappa shape index (κ3) is 3.77. The van der Waals surface area contributed by atoms with Crippen LogP contribution < -0.4 is 5.32 Å². The first-order chi connectivity index (χ1) is 10.2. The van der Waals surface area contributed by atoms with Crippen LogP contribution in [0.3, 0.4) is 0 Å². The zero-order valence-corrected chi connectivity index (χ0v) is 14.4. The zero-order valence-electron chi connectivity index (χ0n) is 13.6. The molecule has 21 heavy (non-hydrogen) atoms. The van der Waals surface area contributed by atoms with Crippen molar-refractivity contribution in [2.24, 2.45) is 5.92 Å². The lowest BCUT2D eigenvalue weighted by Crippen LogP contribution is -2.51. The number of thioether (sulfide) groups is 1. The molecule has 0 aliphatic carbocycles. The van der Waals surface area contributed by atoms with Crippen molar-refractivity contribution in [2.45, 2.75) is 76.2 Å². The highest BCUT2D eigenvalue weighted by atomic mass is 32.2. The minimum Gasteiger partial charge on any atom is -0.374 e. The van der Waals surface area contributed by atoms with Gasteiger partial charge in [0.25, 0.3) is 0 Å². The molecule has 4 heteroatoms. The maximum Gasteiger partial charge on any atom is 0.0783 e. The molecule has 3 aliphatic rings. The summed E-state index contributed by atoms with van der Waals surface area (Å²) in [6.45, 7) is 6.52. The van der Waals surface area contributed by atoms with Gasteiger partial charge in [-0.2, -0.15) is 11.8 Å². The molecule has 3 nitrogen and oxygen atoms in total. The Labute approximate surface area is 133 Å². The molecule has 0 radical (unpaired) electrons. The Morgan fingerprint density at radius 1 is 1.33 bits per heavy atom. The molecule has 3 heterocycles. The summed E-state index contributed by atoms with van der Waals surface area (Å²) in [5.74, 6) is 3.20. The van der Waals surface area contributed by atoms with Gasteiger partial charge in [-0.15, -0.1) is 0 Å². The molecule has 122 valence electrons. The van der Waals surface area contributed by atoms with Crippen LogP contribution in [-0.4, -0.2) is 48.5 Å². The standard InChI is InChI=1S/C17H31NO2S/c1-3-8-18-16(15-5-4-13(2)20-15)14-6-9-19-17(11-14)7-10-21-12-17/h13-16,18H,3-12H2,1-2H3. The van der Waals surface area contributed by atoms with E-state index in [1.54, 1.807) is 0 Å². The second-order valence-corrected chi connectivity index (χ2v) is 8.23. The Kier molecular flexibility index (Phi) is 5.52. The monoisotopic (exact) mass is 313 g/mol. The topological polar surface area (TPSA) is 30.5 Å². The first-order valence-electron chi connectivity index (χ1n) is 8.83. The normalized spacial score (nSPS) is 41.7. The summed E-state index contributed by atoms with van der Waals surface area (Å²) < 4.78 is 12.4. The van der Waals surface area contributed by atoms with Gasteiger partial charge >= 0.3 is 0 Å². The highest BCUT2D eigenvalue weighted by Gasteiger charge is 2.44. The highest BCUT2D eigenvalue weighted by molar-refractivity contribution is 7.99. The second kappa shape index (κ2) is 7.20. The molecular formula is C17H31NO2S. The van der Waals surface area contributed by atoms with E-state index in [4.69, 9.17) is 9.47 Å². The Morgan fingerprint density at radius 2 is 2.24 bits per heavy atom. The molecule has 5 unspecified atom stereocenters. The van der Waals surface area contributed by atoms with Gasteiger partial charge in [0, 0.05) is 18.4 Å². The lowest BCUT2D eigenvalue weighted by molar-refractivity contribution is -0.0961. The third-order valence-corrected chi connectivity index (χ3v) is 6.62. The van der Waals surface area contributed by atoms with E-state index in [9.17, 15) is 0 Å². The van der Waals surface area contributed by atoms with E-state index >= 15 is 0 Å². The molecular weight excluding hydrogens is 282 g/mol. The summed E-state index contributed by atoms with van der Waals surface area (Å²) in [5.41, 5.74) is 0.184. The summed E-state index contributed by atoms with van der Waals surface area (Å²) in [7, 11) is 0. The van der Waals surface area contributed by atoms with Crippen LogP contribution in [0.1, 0.15) is 52.4 Å². The quantitative estimate of drug-likeness (QED) is 0.844. The van der Waals surface area contributed by atoms with E-state index in [1.807, 2.05) is 0 Å². The summed E-state index contributed by atoms with van der Waals surface area (Å²) in [6.07, 6.45) is 8.18. The molecule has 0 amide bonds.